The minimum atomic E-state index is 0.953. The Labute approximate surface area is 82.7 Å². The molecule has 0 bridgehead atoms. The third-order valence-corrected chi connectivity index (χ3v) is 3.01. The lowest BCUT2D eigenvalue weighted by Crippen LogP contribution is -2.27. The van der Waals surface area contributed by atoms with Crippen molar-refractivity contribution in [3.05, 3.63) is 0 Å². The van der Waals surface area contributed by atoms with Crippen LogP contribution in [0.25, 0.3) is 0 Å². The molecule has 0 aromatic carbocycles. The fraction of sp³-hybridized carbons (Fsp3) is 1.00. The van der Waals surface area contributed by atoms with Crippen LogP contribution in [0.15, 0.2) is 0 Å². The summed E-state index contributed by atoms with van der Waals surface area (Å²) in [5.41, 5.74) is 0. The van der Waals surface area contributed by atoms with E-state index < -0.39 is 0 Å². The monoisotopic (exact) mass is 184 g/mol. The fourth-order valence-electron chi connectivity index (χ4n) is 2.03. The third-order valence-electron chi connectivity index (χ3n) is 3.01. The molecule has 0 saturated carbocycles. The van der Waals surface area contributed by atoms with E-state index in [1.54, 1.807) is 0 Å². The highest BCUT2D eigenvalue weighted by Gasteiger charge is 2.12. The zero-order valence-electron chi connectivity index (χ0n) is 9.18. The molecule has 1 saturated heterocycles. The molecule has 0 aromatic heterocycles. The van der Waals surface area contributed by atoms with Gasteiger partial charge < -0.3 is 10.2 Å². The summed E-state index contributed by atoms with van der Waals surface area (Å²) in [6.07, 6.45) is 5.54. The van der Waals surface area contributed by atoms with Gasteiger partial charge in [-0.3, -0.25) is 0 Å². The van der Waals surface area contributed by atoms with E-state index in [4.69, 9.17) is 0 Å². The van der Waals surface area contributed by atoms with E-state index in [1.807, 2.05) is 7.05 Å². The molecular weight excluding hydrogens is 160 g/mol. The Bertz CT molecular complexity index is 125. The lowest BCUT2D eigenvalue weighted by atomic mass is 10.0. The van der Waals surface area contributed by atoms with Crippen LogP contribution in [0.4, 0.5) is 0 Å². The molecule has 0 spiro atoms. The molecule has 0 amide bonds. The van der Waals surface area contributed by atoms with Gasteiger partial charge in [0.1, 0.15) is 0 Å². The molecule has 13 heavy (non-hydrogen) atoms. The first kappa shape index (κ1) is 11.0. The zero-order chi connectivity index (χ0) is 9.52. The Morgan fingerprint density at radius 3 is 2.92 bits per heavy atom. The van der Waals surface area contributed by atoms with Crippen LogP contribution in [-0.2, 0) is 0 Å². The van der Waals surface area contributed by atoms with Crippen molar-refractivity contribution < 1.29 is 0 Å². The second-order valence-electron chi connectivity index (χ2n) is 4.33. The SMILES string of the molecule is CNCCCN1CCCC(C)CC1. The van der Waals surface area contributed by atoms with Gasteiger partial charge in [-0.05, 0) is 64.8 Å². The molecule has 1 unspecified atom stereocenters. The summed E-state index contributed by atoms with van der Waals surface area (Å²) in [6, 6.07) is 0. The average Bonchev–Trinajstić information content (AvgIpc) is 2.32. The van der Waals surface area contributed by atoms with Crippen molar-refractivity contribution in [3.63, 3.8) is 0 Å². The summed E-state index contributed by atoms with van der Waals surface area (Å²) in [6.45, 7) is 7.48. The topological polar surface area (TPSA) is 15.3 Å². The second kappa shape index (κ2) is 6.39. The molecule has 0 aromatic rings. The minimum Gasteiger partial charge on any atom is -0.320 e. The second-order valence-corrected chi connectivity index (χ2v) is 4.33. The van der Waals surface area contributed by atoms with E-state index >= 15 is 0 Å². The summed E-state index contributed by atoms with van der Waals surface area (Å²) in [7, 11) is 2.03. The van der Waals surface area contributed by atoms with Gasteiger partial charge in [-0.15, -0.1) is 0 Å². The largest absolute Gasteiger partial charge is 0.320 e. The smallest absolute Gasteiger partial charge is 0.000664 e. The van der Waals surface area contributed by atoms with E-state index in [1.165, 1.54) is 45.3 Å². The Kier molecular flexibility index (Phi) is 5.40. The van der Waals surface area contributed by atoms with E-state index in [-0.39, 0.29) is 0 Å². The molecule has 0 aliphatic carbocycles. The van der Waals surface area contributed by atoms with Gasteiger partial charge in [0, 0.05) is 0 Å². The van der Waals surface area contributed by atoms with E-state index in [2.05, 4.69) is 17.1 Å². The van der Waals surface area contributed by atoms with Gasteiger partial charge in [0.25, 0.3) is 0 Å². The minimum absolute atomic E-state index is 0.953. The van der Waals surface area contributed by atoms with Crippen LogP contribution < -0.4 is 5.32 Å². The summed E-state index contributed by atoms with van der Waals surface area (Å²) in [5.74, 6) is 0.953. The average molecular weight is 184 g/mol. The van der Waals surface area contributed by atoms with Crippen LogP contribution in [-0.4, -0.2) is 38.1 Å². The fourth-order valence-corrected chi connectivity index (χ4v) is 2.03. The number of rotatable bonds is 4. The quantitative estimate of drug-likeness (QED) is 0.669. The van der Waals surface area contributed by atoms with Crippen molar-refractivity contribution in [1.82, 2.24) is 10.2 Å². The van der Waals surface area contributed by atoms with Gasteiger partial charge in [-0.1, -0.05) is 6.92 Å². The van der Waals surface area contributed by atoms with Gasteiger partial charge in [0.05, 0.1) is 0 Å². The molecule has 2 nitrogen and oxygen atoms in total. The maximum Gasteiger partial charge on any atom is -0.000664 e. The van der Waals surface area contributed by atoms with Crippen LogP contribution in [0.2, 0.25) is 0 Å². The highest BCUT2D eigenvalue weighted by molar-refractivity contribution is 4.67. The van der Waals surface area contributed by atoms with Crippen LogP contribution in [0.5, 0.6) is 0 Å². The first-order chi connectivity index (χ1) is 6.33. The molecule has 1 N–H and O–H groups in total. The van der Waals surface area contributed by atoms with Crippen LogP contribution in [0.1, 0.15) is 32.6 Å². The number of nitrogens with zero attached hydrogens (tertiary/aromatic N) is 1. The molecule has 1 rings (SSSR count). The van der Waals surface area contributed by atoms with E-state index in [9.17, 15) is 0 Å². The van der Waals surface area contributed by atoms with Crippen molar-refractivity contribution in [2.75, 3.05) is 33.2 Å². The van der Waals surface area contributed by atoms with E-state index in [0.717, 1.165) is 12.5 Å². The first-order valence-electron chi connectivity index (χ1n) is 5.70. The summed E-state index contributed by atoms with van der Waals surface area (Å²) in [5, 5.41) is 3.21. The first-order valence-corrected chi connectivity index (χ1v) is 5.70. The maximum atomic E-state index is 3.21. The zero-order valence-corrected chi connectivity index (χ0v) is 9.18. The predicted molar refractivity (Wildman–Crippen MR) is 58.0 cm³/mol. The molecule has 1 aliphatic heterocycles. The highest BCUT2D eigenvalue weighted by Crippen LogP contribution is 2.16. The Hall–Kier alpha value is -0.0800. The Morgan fingerprint density at radius 1 is 1.31 bits per heavy atom. The third kappa shape index (κ3) is 4.63. The number of likely N-dealkylation sites (tertiary alicyclic amines) is 1. The number of hydrogen-bond donors (Lipinski definition) is 1. The maximum absolute atomic E-state index is 3.21. The van der Waals surface area contributed by atoms with Gasteiger partial charge in [0.15, 0.2) is 0 Å². The lowest BCUT2D eigenvalue weighted by molar-refractivity contribution is 0.278. The van der Waals surface area contributed by atoms with Crippen LogP contribution in [0, 0.1) is 5.92 Å². The van der Waals surface area contributed by atoms with Crippen molar-refractivity contribution in [2.45, 2.75) is 32.6 Å². The van der Waals surface area contributed by atoms with Crippen LogP contribution >= 0.6 is 0 Å². The van der Waals surface area contributed by atoms with E-state index in [0.29, 0.717) is 0 Å². The normalized spacial score (nSPS) is 25.8. The van der Waals surface area contributed by atoms with Gasteiger partial charge >= 0.3 is 0 Å². The molecule has 78 valence electrons. The predicted octanol–water partition coefficient (Wildman–Crippen LogP) is 1.72. The molecular formula is C11H24N2. The standard InChI is InChI=1S/C11H24N2/c1-11-5-3-8-13(10-6-11)9-4-7-12-2/h11-12H,3-10H2,1-2H3. The molecule has 1 aliphatic rings. The lowest BCUT2D eigenvalue weighted by Gasteiger charge is -2.19. The number of nitrogens with one attached hydrogen (secondary N) is 1. The Balaban J connectivity index is 2.11. The van der Waals surface area contributed by atoms with Gasteiger partial charge in [-0.2, -0.15) is 0 Å². The number of hydrogen-bond acceptors (Lipinski definition) is 2. The summed E-state index contributed by atoms with van der Waals surface area (Å²) < 4.78 is 0. The van der Waals surface area contributed by atoms with Gasteiger partial charge in [0.2, 0.25) is 0 Å². The molecule has 1 atom stereocenters. The molecule has 2 heteroatoms. The van der Waals surface area contributed by atoms with Crippen LogP contribution in [0.3, 0.4) is 0 Å². The van der Waals surface area contributed by atoms with Gasteiger partial charge in [-0.25, -0.2) is 0 Å². The Morgan fingerprint density at radius 2 is 2.15 bits per heavy atom. The molecule has 0 radical (unpaired) electrons. The van der Waals surface area contributed by atoms with Crippen molar-refractivity contribution >= 4 is 0 Å². The molecule has 1 fully saturated rings. The summed E-state index contributed by atoms with van der Waals surface area (Å²) >= 11 is 0. The summed E-state index contributed by atoms with van der Waals surface area (Å²) in [4.78, 5) is 2.63. The molecule has 1 heterocycles. The highest BCUT2D eigenvalue weighted by atomic mass is 15.1. The van der Waals surface area contributed by atoms with Crippen molar-refractivity contribution in [1.29, 1.82) is 0 Å². The van der Waals surface area contributed by atoms with Crippen molar-refractivity contribution in [2.24, 2.45) is 5.92 Å². The van der Waals surface area contributed by atoms with Crippen molar-refractivity contribution in [3.8, 4) is 0 Å².